The molecule has 0 aliphatic carbocycles. The molecule has 0 bridgehead atoms. The van der Waals surface area contributed by atoms with Gasteiger partial charge in [0.2, 0.25) is 0 Å². The molecule has 0 saturated heterocycles. The van der Waals surface area contributed by atoms with Gasteiger partial charge >= 0.3 is 0 Å². The van der Waals surface area contributed by atoms with Gasteiger partial charge in [-0.05, 0) is 44.6 Å². The van der Waals surface area contributed by atoms with Gasteiger partial charge in [0.05, 0.1) is 0 Å². The molecule has 1 atom stereocenters. The van der Waals surface area contributed by atoms with Crippen LogP contribution >= 0.6 is 0 Å². The van der Waals surface area contributed by atoms with Crippen molar-refractivity contribution >= 4 is 0 Å². The minimum absolute atomic E-state index is 0.684. The second-order valence-corrected chi connectivity index (χ2v) is 4.99. The molecule has 1 N–H and O–H groups in total. The molecule has 0 heterocycles. The quantitative estimate of drug-likeness (QED) is 0.415. The summed E-state index contributed by atoms with van der Waals surface area (Å²) in [5, 5.41) is 3.73. The highest BCUT2D eigenvalue weighted by molar-refractivity contribution is 4.85. The summed E-state index contributed by atoms with van der Waals surface area (Å²) in [6.07, 6.45) is 15.2. The number of terminal acetylenes is 1. The van der Waals surface area contributed by atoms with Crippen molar-refractivity contribution in [2.75, 3.05) is 6.54 Å². The largest absolute Gasteiger partial charge is 0.314 e. The number of rotatable bonds is 11. The summed E-state index contributed by atoms with van der Waals surface area (Å²) < 4.78 is 0. The molecule has 0 aromatic rings. The number of hydrogen-bond acceptors (Lipinski definition) is 1. The third-order valence-electron chi connectivity index (χ3n) is 3.38. The average molecular weight is 237 g/mol. The molecule has 0 aromatic heterocycles. The van der Waals surface area contributed by atoms with Crippen molar-refractivity contribution in [1.82, 2.24) is 5.32 Å². The molecule has 100 valence electrons. The molecular formula is C16H31N. The highest BCUT2D eigenvalue weighted by atomic mass is 14.9. The van der Waals surface area contributed by atoms with E-state index in [1.54, 1.807) is 0 Å². The summed E-state index contributed by atoms with van der Waals surface area (Å²) in [6, 6.07) is 0.684. The van der Waals surface area contributed by atoms with Crippen LogP contribution in [0.4, 0.5) is 0 Å². The van der Waals surface area contributed by atoms with Crippen LogP contribution in [0, 0.1) is 18.3 Å². The summed E-state index contributed by atoms with van der Waals surface area (Å²) in [4.78, 5) is 0. The third-order valence-corrected chi connectivity index (χ3v) is 3.38. The van der Waals surface area contributed by atoms with Crippen LogP contribution in [-0.2, 0) is 0 Å². The van der Waals surface area contributed by atoms with Crippen LogP contribution in [0.5, 0.6) is 0 Å². The summed E-state index contributed by atoms with van der Waals surface area (Å²) in [5.41, 5.74) is 0. The first-order chi connectivity index (χ1) is 8.29. The van der Waals surface area contributed by atoms with Crippen molar-refractivity contribution in [1.29, 1.82) is 0 Å². The minimum Gasteiger partial charge on any atom is -0.314 e. The molecular weight excluding hydrogens is 206 g/mol. The fraction of sp³-hybridized carbons (Fsp3) is 0.875. The highest BCUT2D eigenvalue weighted by Gasteiger charge is 2.18. The average Bonchev–Trinajstić information content (AvgIpc) is 2.33. The third kappa shape index (κ3) is 8.27. The van der Waals surface area contributed by atoms with E-state index in [0.717, 1.165) is 18.9 Å². The Hall–Kier alpha value is -0.480. The standard InChI is InChI=1S/C16H31N/c1-5-9-10-13-16(17-14-8-4)15(11-6-2)12-7-3/h1,15-17H,6-14H2,2-4H3. The van der Waals surface area contributed by atoms with E-state index in [2.05, 4.69) is 32.0 Å². The first-order valence-corrected chi connectivity index (χ1v) is 7.46. The highest BCUT2D eigenvalue weighted by Crippen LogP contribution is 2.21. The van der Waals surface area contributed by atoms with E-state index < -0.39 is 0 Å². The first-order valence-electron chi connectivity index (χ1n) is 7.46. The Balaban J connectivity index is 4.21. The Labute approximate surface area is 109 Å². The fourth-order valence-corrected chi connectivity index (χ4v) is 2.55. The van der Waals surface area contributed by atoms with Crippen molar-refractivity contribution in [3.63, 3.8) is 0 Å². The monoisotopic (exact) mass is 237 g/mol. The molecule has 0 fully saturated rings. The van der Waals surface area contributed by atoms with Gasteiger partial charge in [0, 0.05) is 12.5 Å². The van der Waals surface area contributed by atoms with Crippen LogP contribution in [0.2, 0.25) is 0 Å². The second kappa shape index (κ2) is 12.0. The fourth-order valence-electron chi connectivity index (χ4n) is 2.55. The van der Waals surface area contributed by atoms with E-state index in [1.807, 2.05) is 0 Å². The van der Waals surface area contributed by atoms with Crippen molar-refractivity contribution in [3.05, 3.63) is 0 Å². The van der Waals surface area contributed by atoms with Gasteiger partial charge in [-0.3, -0.25) is 0 Å². The van der Waals surface area contributed by atoms with Crippen molar-refractivity contribution < 1.29 is 0 Å². The zero-order chi connectivity index (χ0) is 12.9. The number of nitrogens with one attached hydrogen (secondary N) is 1. The van der Waals surface area contributed by atoms with E-state index in [0.29, 0.717) is 6.04 Å². The Morgan fingerprint density at radius 3 is 2.12 bits per heavy atom. The topological polar surface area (TPSA) is 12.0 Å². The maximum atomic E-state index is 5.34. The van der Waals surface area contributed by atoms with Crippen molar-refractivity contribution in [3.8, 4) is 12.3 Å². The summed E-state index contributed by atoms with van der Waals surface area (Å²) in [6.45, 7) is 7.97. The lowest BCUT2D eigenvalue weighted by atomic mass is 9.87. The minimum atomic E-state index is 0.684. The normalized spacial score (nSPS) is 12.6. The Bertz CT molecular complexity index is 186. The van der Waals surface area contributed by atoms with Gasteiger partial charge in [0.15, 0.2) is 0 Å². The molecule has 0 amide bonds. The smallest absolute Gasteiger partial charge is 0.00956 e. The molecule has 0 radical (unpaired) electrons. The van der Waals surface area contributed by atoms with Crippen LogP contribution in [0.25, 0.3) is 0 Å². The molecule has 17 heavy (non-hydrogen) atoms. The SMILES string of the molecule is C#CCCCC(NCCC)C(CCC)CCC. The summed E-state index contributed by atoms with van der Waals surface area (Å²) in [7, 11) is 0. The van der Waals surface area contributed by atoms with Crippen molar-refractivity contribution in [2.24, 2.45) is 5.92 Å². The van der Waals surface area contributed by atoms with E-state index in [1.165, 1.54) is 44.9 Å². The zero-order valence-corrected chi connectivity index (χ0v) is 12.1. The van der Waals surface area contributed by atoms with Crippen LogP contribution in [0.3, 0.4) is 0 Å². The molecule has 1 nitrogen and oxygen atoms in total. The maximum absolute atomic E-state index is 5.34. The van der Waals surface area contributed by atoms with Crippen molar-refractivity contribution in [2.45, 2.75) is 78.2 Å². The summed E-state index contributed by atoms with van der Waals surface area (Å²) in [5.74, 6) is 3.60. The Morgan fingerprint density at radius 2 is 1.65 bits per heavy atom. The first kappa shape index (κ1) is 16.5. The van der Waals surface area contributed by atoms with Gasteiger partial charge < -0.3 is 5.32 Å². The van der Waals surface area contributed by atoms with Crippen LogP contribution in [0.15, 0.2) is 0 Å². The zero-order valence-electron chi connectivity index (χ0n) is 12.1. The maximum Gasteiger partial charge on any atom is 0.00956 e. The lowest BCUT2D eigenvalue weighted by molar-refractivity contribution is 0.293. The lowest BCUT2D eigenvalue weighted by Gasteiger charge is -2.28. The molecule has 0 spiro atoms. The lowest BCUT2D eigenvalue weighted by Crippen LogP contribution is -2.36. The predicted molar refractivity (Wildman–Crippen MR) is 78.1 cm³/mol. The van der Waals surface area contributed by atoms with Crippen LogP contribution in [-0.4, -0.2) is 12.6 Å². The molecule has 1 unspecified atom stereocenters. The van der Waals surface area contributed by atoms with Gasteiger partial charge in [0.25, 0.3) is 0 Å². The molecule has 0 aromatic carbocycles. The van der Waals surface area contributed by atoms with E-state index in [-0.39, 0.29) is 0 Å². The molecule has 1 heteroatoms. The van der Waals surface area contributed by atoms with Gasteiger partial charge in [-0.1, -0.05) is 33.6 Å². The summed E-state index contributed by atoms with van der Waals surface area (Å²) >= 11 is 0. The van der Waals surface area contributed by atoms with Gasteiger partial charge in [0.1, 0.15) is 0 Å². The molecule has 0 aliphatic heterocycles. The van der Waals surface area contributed by atoms with Gasteiger partial charge in [-0.25, -0.2) is 0 Å². The molecule has 0 saturated carbocycles. The molecule has 0 rings (SSSR count). The van der Waals surface area contributed by atoms with E-state index in [4.69, 9.17) is 6.42 Å². The van der Waals surface area contributed by atoms with Crippen LogP contribution in [0.1, 0.15) is 72.1 Å². The van der Waals surface area contributed by atoms with E-state index in [9.17, 15) is 0 Å². The number of hydrogen-bond donors (Lipinski definition) is 1. The van der Waals surface area contributed by atoms with Crippen LogP contribution < -0.4 is 5.32 Å². The number of unbranched alkanes of at least 4 members (excludes halogenated alkanes) is 1. The Kier molecular flexibility index (Phi) is 11.7. The van der Waals surface area contributed by atoms with Gasteiger partial charge in [-0.2, -0.15) is 0 Å². The Morgan fingerprint density at radius 1 is 1.00 bits per heavy atom. The second-order valence-electron chi connectivity index (χ2n) is 4.99. The predicted octanol–water partition coefficient (Wildman–Crippen LogP) is 4.37. The molecule has 0 aliphatic rings. The van der Waals surface area contributed by atoms with Gasteiger partial charge in [-0.15, -0.1) is 12.3 Å². The van der Waals surface area contributed by atoms with E-state index >= 15 is 0 Å².